The molecule has 0 aromatic carbocycles. The summed E-state index contributed by atoms with van der Waals surface area (Å²) in [5.41, 5.74) is 0. The fourth-order valence-corrected chi connectivity index (χ4v) is 2.32. The molecule has 0 radical (unpaired) electrons. The summed E-state index contributed by atoms with van der Waals surface area (Å²) in [6, 6.07) is 0. The molecule has 2 nitrogen and oxygen atoms in total. The van der Waals surface area contributed by atoms with Crippen molar-refractivity contribution in [2.24, 2.45) is 11.8 Å². The van der Waals surface area contributed by atoms with E-state index in [1.54, 1.807) is 6.92 Å². The highest BCUT2D eigenvalue weighted by Gasteiger charge is 2.33. The molecule has 1 rings (SSSR count). The molecule has 0 bridgehead atoms. The predicted molar refractivity (Wildman–Crippen MR) is 60.6 cm³/mol. The number of allylic oxidation sites excluding steroid dienone is 2. The molecule has 2 atom stereocenters. The summed E-state index contributed by atoms with van der Waals surface area (Å²) in [7, 11) is 0. The molecule has 0 aliphatic heterocycles. The lowest BCUT2D eigenvalue weighted by molar-refractivity contribution is -0.121. The average Bonchev–Trinajstić information content (AvgIpc) is 2.49. The van der Waals surface area contributed by atoms with Gasteiger partial charge in [0.2, 0.25) is 0 Å². The molecule has 0 heterocycles. The first-order valence-electron chi connectivity index (χ1n) is 5.82. The molecular weight excluding hydrogens is 188 g/mol. The first-order chi connectivity index (χ1) is 7.15. The van der Waals surface area contributed by atoms with Gasteiger partial charge in [-0.15, -0.1) is 0 Å². The molecule has 1 fully saturated rings. The average molecular weight is 208 g/mol. The standard InChI is InChI=1S/C13H20O2/c1-3-4-5-6-12-11(9-10(2)14)7-8-13(12)15/h4-5,11-12H,3,6-9H2,1-2H3. The van der Waals surface area contributed by atoms with E-state index in [1.165, 1.54) is 0 Å². The van der Waals surface area contributed by atoms with Crippen LogP contribution in [0.2, 0.25) is 0 Å². The molecule has 15 heavy (non-hydrogen) atoms. The smallest absolute Gasteiger partial charge is 0.136 e. The van der Waals surface area contributed by atoms with Gasteiger partial charge in [-0.2, -0.15) is 0 Å². The quantitative estimate of drug-likeness (QED) is 0.651. The molecule has 2 heteroatoms. The Morgan fingerprint density at radius 1 is 1.47 bits per heavy atom. The molecule has 0 amide bonds. The first kappa shape index (κ1) is 12.2. The van der Waals surface area contributed by atoms with E-state index in [1.807, 2.05) is 0 Å². The minimum absolute atomic E-state index is 0.108. The van der Waals surface area contributed by atoms with Crippen LogP contribution in [0.25, 0.3) is 0 Å². The Bertz CT molecular complexity index is 266. The van der Waals surface area contributed by atoms with Gasteiger partial charge in [0.1, 0.15) is 11.6 Å². The highest BCUT2D eigenvalue weighted by molar-refractivity contribution is 5.85. The molecule has 0 spiro atoms. The molecular formula is C13H20O2. The van der Waals surface area contributed by atoms with Crippen molar-refractivity contribution in [3.8, 4) is 0 Å². The van der Waals surface area contributed by atoms with Crippen molar-refractivity contribution < 1.29 is 9.59 Å². The lowest BCUT2D eigenvalue weighted by atomic mass is 9.88. The molecule has 0 saturated heterocycles. The van der Waals surface area contributed by atoms with E-state index in [-0.39, 0.29) is 11.7 Å². The number of hydrogen-bond donors (Lipinski definition) is 0. The highest BCUT2D eigenvalue weighted by Crippen LogP contribution is 2.34. The van der Waals surface area contributed by atoms with Gasteiger partial charge in [0.15, 0.2) is 0 Å². The van der Waals surface area contributed by atoms with Crippen LogP contribution in [-0.4, -0.2) is 11.6 Å². The minimum atomic E-state index is 0.108. The van der Waals surface area contributed by atoms with Gasteiger partial charge in [-0.3, -0.25) is 4.79 Å². The summed E-state index contributed by atoms with van der Waals surface area (Å²) >= 11 is 0. The van der Waals surface area contributed by atoms with Gasteiger partial charge in [0, 0.05) is 18.8 Å². The Kier molecular flexibility index (Phi) is 4.73. The number of carbonyl (C=O) groups excluding carboxylic acids is 2. The van der Waals surface area contributed by atoms with E-state index in [0.29, 0.717) is 24.5 Å². The number of carbonyl (C=O) groups is 2. The van der Waals surface area contributed by atoms with Gasteiger partial charge >= 0.3 is 0 Å². The molecule has 84 valence electrons. The normalized spacial score (nSPS) is 26.4. The second-order valence-electron chi connectivity index (χ2n) is 4.39. The van der Waals surface area contributed by atoms with Crippen LogP contribution in [0.15, 0.2) is 12.2 Å². The van der Waals surface area contributed by atoms with Crippen molar-refractivity contribution in [3.05, 3.63) is 12.2 Å². The Labute approximate surface area is 91.7 Å². The van der Waals surface area contributed by atoms with Crippen LogP contribution in [0.3, 0.4) is 0 Å². The molecule has 2 unspecified atom stereocenters. The number of hydrogen-bond acceptors (Lipinski definition) is 2. The third-order valence-corrected chi connectivity index (χ3v) is 3.09. The van der Waals surface area contributed by atoms with Crippen molar-refractivity contribution in [2.45, 2.75) is 46.0 Å². The maximum absolute atomic E-state index is 11.6. The van der Waals surface area contributed by atoms with Gasteiger partial charge in [-0.05, 0) is 32.1 Å². The van der Waals surface area contributed by atoms with Crippen LogP contribution in [0, 0.1) is 11.8 Å². The third-order valence-electron chi connectivity index (χ3n) is 3.09. The van der Waals surface area contributed by atoms with Gasteiger partial charge < -0.3 is 4.79 Å². The van der Waals surface area contributed by atoms with Crippen LogP contribution in [0.1, 0.15) is 46.0 Å². The molecule has 0 N–H and O–H groups in total. The van der Waals surface area contributed by atoms with E-state index in [2.05, 4.69) is 19.1 Å². The Morgan fingerprint density at radius 2 is 2.20 bits per heavy atom. The highest BCUT2D eigenvalue weighted by atomic mass is 16.1. The molecule has 1 aliphatic rings. The molecule has 0 aromatic rings. The number of Topliss-reactive ketones (excluding diaryl/α,β-unsaturated/α-hetero) is 2. The largest absolute Gasteiger partial charge is 0.300 e. The Morgan fingerprint density at radius 3 is 2.80 bits per heavy atom. The van der Waals surface area contributed by atoms with Crippen LogP contribution in [-0.2, 0) is 9.59 Å². The SMILES string of the molecule is CCC=CCC1C(=O)CCC1CC(C)=O. The molecule has 1 saturated carbocycles. The van der Waals surface area contributed by atoms with Crippen LogP contribution in [0.4, 0.5) is 0 Å². The fourth-order valence-electron chi connectivity index (χ4n) is 2.32. The zero-order valence-corrected chi connectivity index (χ0v) is 9.66. The zero-order valence-electron chi connectivity index (χ0n) is 9.66. The number of ketones is 2. The minimum Gasteiger partial charge on any atom is -0.300 e. The Hall–Kier alpha value is -0.920. The van der Waals surface area contributed by atoms with Gasteiger partial charge in [-0.25, -0.2) is 0 Å². The van der Waals surface area contributed by atoms with Crippen molar-refractivity contribution >= 4 is 11.6 Å². The summed E-state index contributed by atoms with van der Waals surface area (Å²) < 4.78 is 0. The zero-order chi connectivity index (χ0) is 11.3. The second kappa shape index (κ2) is 5.84. The summed E-state index contributed by atoms with van der Waals surface area (Å²) in [4.78, 5) is 22.7. The monoisotopic (exact) mass is 208 g/mol. The van der Waals surface area contributed by atoms with Crippen LogP contribution in [0.5, 0.6) is 0 Å². The van der Waals surface area contributed by atoms with Crippen LogP contribution >= 0.6 is 0 Å². The van der Waals surface area contributed by atoms with Gasteiger partial charge in [-0.1, -0.05) is 19.1 Å². The van der Waals surface area contributed by atoms with E-state index in [9.17, 15) is 9.59 Å². The molecule has 0 aromatic heterocycles. The van der Waals surface area contributed by atoms with E-state index in [0.717, 1.165) is 19.3 Å². The lowest BCUT2D eigenvalue weighted by Crippen LogP contribution is -2.16. The first-order valence-corrected chi connectivity index (χ1v) is 5.82. The maximum Gasteiger partial charge on any atom is 0.136 e. The lowest BCUT2D eigenvalue weighted by Gasteiger charge is -2.14. The predicted octanol–water partition coefficient (Wildman–Crippen LogP) is 2.92. The summed E-state index contributed by atoms with van der Waals surface area (Å²) in [6.45, 7) is 3.70. The Balaban J connectivity index is 2.52. The van der Waals surface area contributed by atoms with Gasteiger partial charge in [0.05, 0.1) is 0 Å². The van der Waals surface area contributed by atoms with E-state index in [4.69, 9.17) is 0 Å². The van der Waals surface area contributed by atoms with Crippen molar-refractivity contribution in [3.63, 3.8) is 0 Å². The second-order valence-corrected chi connectivity index (χ2v) is 4.39. The molecule has 1 aliphatic carbocycles. The van der Waals surface area contributed by atoms with E-state index >= 15 is 0 Å². The summed E-state index contributed by atoms with van der Waals surface area (Å²) in [5, 5.41) is 0. The van der Waals surface area contributed by atoms with Crippen molar-refractivity contribution in [1.29, 1.82) is 0 Å². The summed E-state index contributed by atoms with van der Waals surface area (Å²) in [6.07, 6.45) is 8.17. The fraction of sp³-hybridized carbons (Fsp3) is 0.692. The van der Waals surface area contributed by atoms with Gasteiger partial charge in [0.25, 0.3) is 0 Å². The van der Waals surface area contributed by atoms with Crippen molar-refractivity contribution in [1.82, 2.24) is 0 Å². The topological polar surface area (TPSA) is 34.1 Å². The summed E-state index contributed by atoms with van der Waals surface area (Å²) in [5.74, 6) is 0.967. The van der Waals surface area contributed by atoms with E-state index < -0.39 is 0 Å². The van der Waals surface area contributed by atoms with Crippen LogP contribution < -0.4 is 0 Å². The number of rotatable bonds is 5. The maximum atomic E-state index is 11.6. The van der Waals surface area contributed by atoms with Crippen molar-refractivity contribution in [2.75, 3.05) is 0 Å². The third kappa shape index (κ3) is 3.61.